The van der Waals surface area contributed by atoms with Crippen LogP contribution in [0.2, 0.25) is 0 Å². The van der Waals surface area contributed by atoms with Gasteiger partial charge in [-0.15, -0.1) is 0 Å². The lowest BCUT2D eigenvalue weighted by Gasteiger charge is -2.15. The largest absolute Gasteiger partial charge is 0.489 e. The van der Waals surface area contributed by atoms with Crippen molar-refractivity contribution in [2.75, 3.05) is 6.61 Å². The highest BCUT2D eigenvalue weighted by Crippen LogP contribution is 2.38. The molecule has 0 amide bonds. The highest BCUT2D eigenvalue weighted by molar-refractivity contribution is 5.77. The van der Waals surface area contributed by atoms with Gasteiger partial charge >= 0.3 is 11.9 Å². The van der Waals surface area contributed by atoms with Gasteiger partial charge in [0, 0.05) is 12.8 Å². The van der Waals surface area contributed by atoms with Crippen molar-refractivity contribution in [1.82, 2.24) is 0 Å². The normalized spacial score (nSPS) is 10.3. The fourth-order valence-corrected chi connectivity index (χ4v) is 1.43. The summed E-state index contributed by atoms with van der Waals surface area (Å²) in [5.41, 5.74) is 0. The Morgan fingerprint density at radius 1 is 1.00 bits per heavy atom. The van der Waals surface area contributed by atoms with E-state index in [0.29, 0.717) is 18.3 Å². The van der Waals surface area contributed by atoms with Crippen LogP contribution in [-0.2, 0) is 9.59 Å². The minimum Gasteiger partial charge on any atom is -0.489 e. The average molecular weight is 294 g/mol. The highest BCUT2D eigenvalue weighted by atomic mass is 16.6. The van der Waals surface area contributed by atoms with E-state index in [4.69, 9.17) is 14.2 Å². The Morgan fingerprint density at radius 3 is 2.14 bits per heavy atom. The molecule has 0 aliphatic carbocycles. The zero-order valence-corrected chi connectivity index (χ0v) is 13.0. The molecular formula is C16H22O5. The van der Waals surface area contributed by atoms with Gasteiger partial charge in [-0.1, -0.05) is 33.8 Å². The van der Waals surface area contributed by atoms with E-state index in [1.54, 1.807) is 32.0 Å². The number of carbonyl (C=O) groups excluding carboxylic acids is 2. The van der Waals surface area contributed by atoms with E-state index in [1.165, 1.54) is 0 Å². The highest BCUT2D eigenvalue weighted by Gasteiger charge is 2.18. The molecule has 0 fully saturated rings. The summed E-state index contributed by atoms with van der Waals surface area (Å²) in [5.74, 6) is 0.263. The van der Waals surface area contributed by atoms with Gasteiger partial charge in [0.25, 0.3) is 0 Å². The molecule has 0 unspecified atom stereocenters. The van der Waals surface area contributed by atoms with Gasteiger partial charge in [-0.25, -0.2) is 0 Å². The van der Waals surface area contributed by atoms with Crippen molar-refractivity contribution in [3.05, 3.63) is 18.2 Å². The number of para-hydroxylation sites is 1. The summed E-state index contributed by atoms with van der Waals surface area (Å²) in [5, 5.41) is 0. The third kappa shape index (κ3) is 5.45. The zero-order chi connectivity index (χ0) is 15.8. The second-order valence-electron chi connectivity index (χ2n) is 4.94. The van der Waals surface area contributed by atoms with Crippen molar-refractivity contribution in [3.63, 3.8) is 0 Å². The van der Waals surface area contributed by atoms with E-state index in [0.717, 1.165) is 0 Å². The van der Waals surface area contributed by atoms with Crippen molar-refractivity contribution in [2.24, 2.45) is 5.92 Å². The van der Waals surface area contributed by atoms with Crippen LogP contribution >= 0.6 is 0 Å². The molecule has 0 aromatic heterocycles. The lowest BCUT2D eigenvalue weighted by atomic mass is 10.2. The summed E-state index contributed by atoms with van der Waals surface area (Å²) in [6, 6.07) is 4.95. The third-order valence-electron chi connectivity index (χ3n) is 2.53. The minimum atomic E-state index is -0.413. The van der Waals surface area contributed by atoms with Gasteiger partial charge in [-0.05, 0) is 18.1 Å². The van der Waals surface area contributed by atoms with Crippen LogP contribution in [0.25, 0.3) is 0 Å². The molecule has 21 heavy (non-hydrogen) atoms. The van der Waals surface area contributed by atoms with Crippen LogP contribution in [0.5, 0.6) is 17.2 Å². The topological polar surface area (TPSA) is 61.8 Å². The predicted octanol–water partition coefficient (Wildman–Crippen LogP) is 3.35. The van der Waals surface area contributed by atoms with Gasteiger partial charge < -0.3 is 14.2 Å². The van der Waals surface area contributed by atoms with E-state index >= 15 is 0 Å². The quantitative estimate of drug-likeness (QED) is 0.570. The molecule has 0 saturated heterocycles. The van der Waals surface area contributed by atoms with Gasteiger partial charge in [-0.2, -0.15) is 0 Å². The molecule has 0 spiro atoms. The van der Waals surface area contributed by atoms with Crippen molar-refractivity contribution >= 4 is 11.9 Å². The van der Waals surface area contributed by atoms with Crippen molar-refractivity contribution in [1.29, 1.82) is 0 Å². The van der Waals surface area contributed by atoms with Crippen LogP contribution in [0.15, 0.2) is 18.2 Å². The van der Waals surface area contributed by atoms with Crippen LogP contribution in [0.4, 0.5) is 0 Å². The summed E-state index contributed by atoms with van der Waals surface area (Å²) in [7, 11) is 0. The molecule has 0 aliphatic rings. The Bertz CT molecular complexity index is 493. The van der Waals surface area contributed by atoms with Crippen LogP contribution in [0.3, 0.4) is 0 Å². The van der Waals surface area contributed by atoms with Crippen LogP contribution in [-0.4, -0.2) is 18.5 Å². The molecule has 0 atom stereocenters. The molecule has 0 heterocycles. The third-order valence-corrected chi connectivity index (χ3v) is 2.53. The molecule has 0 radical (unpaired) electrons. The molecule has 1 aromatic rings. The maximum Gasteiger partial charge on any atom is 0.311 e. The Kier molecular flexibility index (Phi) is 6.72. The predicted molar refractivity (Wildman–Crippen MR) is 78.6 cm³/mol. The molecule has 1 rings (SSSR count). The molecule has 1 aromatic carbocycles. The molecule has 116 valence electrons. The lowest BCUT2D eigenvalue weighted by molar-refractivity contribution is -0.136. The van der Waals surface area contributed by atoms with Crippen LogP contribution < -0.4 is 14.2 Å². The summed E-state index contributed by atoms with van der Waals surface area (Å²) in [6.07, 6.45) is 0.456. The molecular weight excluding hydrogens is 272 g/mol. The second-order valence-corrected chi connectivity index (χ2v) is 4.94. The molecule has 0 N–H and O–H groups in total. The summed E-state index contributed by atoms with van der Waals surface area (Å²) in [4.78, 5) is 23.0. The minimum absolute atomic E-state index is 0.159. The second kappa shape index (κ2) is 8.29. The Morgan fingerprint density at radius 2 is 1.57 bits per heavy atom. The number of hydrogen-bond acceptors (Lipinski definition) is 5. The summed E-state index contributed by atoms with van der Waals surface area (Å²) in [6.45, 7) is 7.88. The molecule has 0 saturated carbocycles. The molecule has 5 nitrogen and oxygen atoms in total. The van der Waals surface area contributed by atoms with E-state index in [9.17, 15) is 9.59 Å². The van der Waals surface area contributed by atoms with Crippen molar-refractivity contribution in [3.8, 4) is 17.2 Å². The fraction of sp³-hybridized carbons (Fsp3) is 0.500. The lowest BCUT2D eigenvalue weighted by Crippen LogP contribution is -2.12. The first kappa shape index (κ1) is 17.0. The molecule has 0 aliphatic heterocycles. The standard InChI is InChI=1S/C16H22O5/c1-5-14(17)20-13-9-7-8-12(19-10-11(3)4)16(13)21-15(18)6-2/h7-9,11H,5-6,10H2,1-4H3. The fourth-order valence-electron chi connectivity index (χ4n) is 1.43. The SMILES string of the molecule is CCC(=O)Oc1cccc(OCC(C)C)c1OC(=O)CC. The average Bonchev–Trinajstić information content (AvgIpc) is 2.46. The van der Waals surface area contributed by atoms with Crippen LogP contribution in [0, 0.1) is 5.92 Å². The van der Waals surface area contributed by atoms with Gasteiger partial charge in [-0.3, -0.25) is 9.59 Å². The van der Waals surface area contributed by atoms with Crippen molar-refractivity contribution in [2.45, 2.75) is 40.5 Å². The maximum atomic E-state index is 11.6. The molecule has 5 heteroatoms. The number of esters is 2. The smallest absolute Gasteiger partial charge is 0.311 e. The Balaban J connectivity index is 3.07. The number of ether oxygens (including phenoxy) is 3. The molecule has 0 bridgehead atoms. The van der Waals surface area contributed by atoms with E-state index in [1.807, 2.05) is 13.8 Å². The monoisotopic (exact) mass is 294 g/mol. The van der Waals surface area contributed by atoms with Gasteiger partial charge in [0.1, 0.15) is 0 Å². The van der Waals surface area contributed by atoms with Gasteiger partial charge in [0.05, 0.1) is 6.61 Å². The zero-order valence-electron chi connectivity index (χ0n) is 13.0. The van der Waals surface area contributed by atoms with Crippen LogP contribution in [0.1, 0.15) is 40.5 Å². The summed E-state index contributed by atoms with van der Waals surface area (Å²) >= 11 is 0. The summed E-state index contributed by atoms with van der Waals surface area (Å²) < 4.78 is 16.1. The number of hydrogen-bond donors (Lipinski definition) is 0. The number of benzene rings is 1. The first-order valence-corrected chi connectivity index (χ1v) is 7.15. The van der Waals surface area contributed by atoms with Gasteiger partial charge in [0.15, 0.2) is 11.5 Å². The maximum absolute atomic E-state index is 11.6. The van der Waals surface area contributed by atoms with E-state index in [2.05, 4.69) is 0 Å². The Hall–Kier alpha value is -2.04. The number of rotatable bonds is 7. The Labute approximate surface area is 125 Å². The van der Waals surface area contributed by atoms with E-state index < -0.39 is 11.9 Å². The first-order valence-electron chi connectivity index (χ1n) is 7.15. The number of carbonyl (C=O) groups is 2. The van der Waals surface area contributed by atoms with Crippen molar-refractivity contribution < 1.29 is 23.8 Å². The van der Waals surface area contributed by atoms with Gasteiger partial charge in [0.2, 0.25) is 5.75 Å². The van der Waals surface area contributed by atoms with E-state index in [-0.39, 0.29) is 24.3 Å². The first-order chi connectivity index (χ1) is 9.97.